The van der Waals surface area contributed by atoms with Crippen molar-refractivity contribution in [3.05, 3.63) is 60.2 Å². The zero-order chi connectivity index (χ0) is 16.4. The smallest absolute Gasteiger partial charge is 0.253 e. The molecule has 0 bridgehead atoms. The highest BCUT2D eigenvalue weighted by Crippen LogP contribution is 2.28. The maximum Gasteiger partial charge on any atom is 0.253 e. The largest absolute Gasteiger partial charge is 0.491 e. The maximum atomic E-state index is 11.8. The molecule has 4 heteroatoms. The van der Waals surface area contributed by atoms with Gasteiger partial charge in [-0.3, -0.25) is 4.79 Å². The number of aromatic nitrogens is 1. The minimum Gasteiger partial charge on any atom is -0.491 e. The fraction of sp³-hybridized carbons (Fsp3) is 0.158. The quantitative estimate of drug-likeness (QED) is 0.629. The van der Waals surface area contributed by atoms with Crippen molar-refractivity contribution < 1.29 is 9.53 Å². The topological polar surface area (TPSA) is 39.2 Å². The van der Waals surface area contributed by atoms with E-state index in [1.165, 1.54) is 0 Å². The molecule has 0 unspecified atom stereocenters. The molecule has 0 fully saturated rings. The zero-order valence-corrected chi connectivity index (χ0v) is 13.7. The molecule has 0 aliphatic carbocycles. The standard InChI is InChI=1S/C19H16ClNO2/c1-12(2)23-14-7-5-6-13(10-14)18-11-16(19(20)22)15-8-3-4-9-17(15)21-18/h3-12H,1-2H3. The van der Waals surface area contributed by atoms with Crippen molar-refractivity contribution in [2.75, 3.05) is 0 Å². The maximum absolute atomic E-state index is 11.8. The molecular weight excluding hydrogens is 310 g/mol. The number of hydrogen-bond donors (Lipinski definition) is 0. The van der Waals surface area contributed by atoms with Gasteiger partial charge in [0.05, 0.1) is 17.3 Å². The summed E-state index contributed by atoms with van der Waals surface area (Å²) in [5.74, 6) is 0.770. The first kappa shape index (κ1) is 15.5. The summed E-state index contributed by atoms with van der Waals surface area (Å²) < 4.78 is 5.72. The molecule has 0 amide bonds. The van der Waals surface area contributed by atoms with E-state index in [4.69, 9.17) is 16.3 Å². The van der Waals surface area contributed by atoms with E-state index in [0.717, 1.165) is 22.2 Å². The van der Waals surface area contributed by atoms with Crippen LogP contribution in [-0.2, 0) is 0 Å². The van der Waals surface area contributed by atoms with Crippen molar-refractivity contribution in [3.63, 3.8) is 0 Å². The summed E-state index contributed by atoms with van der Waals surface area (Å²) in [4.78, 5) is 16.4. The highest BCUT2D eigenvalue weighted by atomic mass is 35.5. The van der Waals surface area contributed by atoms with Crippen LogP contribution in [0, 0.1) is 0 Å². The molecule has 0 aliphatic rings. The molecule has 0 radical (unpaired) electrons. The van der Waals surface area contributed by atoms with Gasteiger partial charge in [0, 0.05) is 16.5 Å². The molecule has 0 N–H and O–H groups in total. The van der Waals surface area contributed by atoms with E-state index in [0.29, 0.717) is 11.3 Å². The van der Waals surface area contributed by atoms with E-state index in [-0.39, 0.29) is 6.10 Å². The van der Waals surface area contributed by atoms with Crippen molar-refractivity contribution in [1.29, 1.82) is 0 Å². The SMILES string of the molecule is CC(C)Oc1cccc(-c2cc(C(=O)Cl)c3ccccc3n2)c1. The van der Waals surface area contributed by atoms with Gasteiger partial charge in [-0.1, -0.05) is 30.3 Å². The molecule has 116 valence electrons. The third-order valence-corrected chi connectivity index (χ3v) is 3.63. The lowest BCUT2D eigenvalue weighted by molar-refractivity contribution is 0.108. The van der Waals surface area contributed by atoms with Gasteiger partial charge in [-0.05, 0) is 49.7 Å². The summed E-state index contributed by atoms with van der Waals surface area (Å²) in [6.07, 6.45) is 0.0924. The summed E-state index contributed by atoms with van der Waals surface area (Å²) in [7, 11) is 0. The summed E-state index contributed by atoms with van der Waals surface area (Å²) in [5.41, 5.74) is 2.78. The number of carbonyl (C=O) groups excluding carboxylic acids is 1. The second kappa shape index (κ2) is 6.39. The molecular formula is C19H16ClNO2. The predicted octanol–water partition coefficient (Wildman–Crippen LogP) is 5.07. The van der Waals surface area contributed by atoms with Crippen LogP contribution in [0.3, 0.4) is 0 Å². The fourth-order valence-corrected chi connectivity index (χ4v) is 2.64. The number of para-hydroxylation sites is 1. The molecule has 0 atom stereocenters. The lowest BCUT2D eigenvalue weighted by Crippen LogP contribution is -2.05. The van der Waals surface area contributed by atoms with Gasteiger partial charge in [0.2, 0.25) is 0 Å². The second-order valence-electron chi connectivity index (χ2n) is 5.54. The number of ether oxygens (including phenoxy) is 1. The van der Waals surface area contributed by atoms with Crippen LogP contribution in [0.25, 0.3) is 22.2 Å². The lowest BCUT2D eigenvalue weighted by atomic mass is 10.0. The number of pyridine rings is 1. The summed E-state index contributed by atoms with van der Waals surface area (Å²) in [5, 5.41) is 0.269. The Kier molecular flexibility index (Phi) is 4.30. The molecule has 0 saturated heterocycles. The number of hydrogen-bond acceptors (Lipinski definition) is 3. The third kappa shape index (κ3) is 3.35. The van der Waals surface area contributed by atoms with Gasteiger partial charge in [0.15, 0.2) is 0 Å². The molecule has 3 nitrogen and oxygen atoms in total. The average molecular weight is 326 g/mol. The van der Waals surface area contributed by atoms with Crippen LogP contribution in [0.4, 0.5) is 0 Å². The molecule has 1 aromatic heterocycles. The van der Waals surface area contributed by atoms with Gasteiger partial charge in [-0.15, -0.1) is 0 Å². The number of benzene rings is 2. The number of fused-ring (bicyclic) bond motifs is 1. The van der Waals surface area contributed by atoms with Crippen LogP contribution >= 0.6 is 11.6 Å². The first-order valence-electron chi connectivity index (χ1n) is 7.41. The first-order chi connectivity index (χ1) is 11.0. The van der Waals surface area contributed by atoms with E-state index in [2.05, 4.69) is 4.98 Å². The molecule has 2 aromatic carbocycles. The molecule has 1 heterocycles. The second-order valence-corrected chi connectivity index (χ2v) is 5.88. The number of nitrogens with zero attached hydrogens (tertiary/aromatic N) is 1. The van der Waals surface area contributed by atoms with Gasteiger partial charge in [0.1, 0.15) is 5.75 Å². The highest BCUT2D eigenvalue weighted by molar-refractivity contribution is 6.68. The van der Waals surface area contributed by atoms with Gasteiger partial charge < -0.3 is 4.74 Å². The zero-order valence-electron chi connectivity index (χ0n) is 12.9. The predicted molar refractivity (Wildman–Crippen MR) is 93.1 cm³/mol. The van der Waals surface area contributed by atoms with Gasteiger partial charge in [-0.25, -0.2) is 4.98 Å². The van der Waals surface area contributed by atoms with Crippen molar-refractivity contribution in [3.8, 4) is 17.0 Å². The number of halogens is 1. The summed E-state index contributed by atoms with van der Waals surface area (Å²) >= 11 is 5.75. The van der Waals surface area contributed by atoms with Crippen molar-refractivity contribution in [2.45, 2.75) is 20.0 Å². The molecule has 0 aliphatic heterocycles. The molecule has 23 heavy (non-hydrogen) atoms. The van der Waals surface area contributed by atoms with Gasteiger partial charge in [-0.2, -0.15) is 0 Å². The van der Waals surface area contributed by atoms with Crippen LogP contribution < -0.4 is 4.74 Å². The van der Waals surface area contributed by atoms with E-state index < -0.39 is 5.24 Å². The Morgan fingerprint density at radius 1 is 1.09 bits per heavy atom. The van der Waals surface area contributed by atoms with Gasteiger partial charge in [0.25, 0.3) is 5.24 Å². The van der Waals surface area contributed by atoms with Crippen molar-refractivity contribution >= 4 is 27.7 Å². The van der Waals surface area contributed by atoms with E-state index in [1.54, 1.807) is 6.07 Å². The van der Waals surface area contributed by atoms with Crippen LogP contribution in [0.5, 0.6) is 5.75 Å². The number of carbonyl (C=O) groups is 1. The minimum absolute atomic E-state index is 0.0924. The summed E-state index contributed by atoms with van der Waals surface area (Å²) in [6.45, 7) is 3.95. The Bertz CT molecular complexity index is 874. The van der Waals surface area contributed by atoms with Crippen LogP contribution in [0.1, 0.15) is 24.2 Å². The molecule has 0 spiro atoms. The van der Waals surface area contributed by atoms with Crippen LogP contribution in [0.15, 0.2) is 54.6 Å². The lowest BCUT2D eigenvalue weighted by Gasteiger charge is -2.11. The van der Waals surface area contributed by atoms with Crippen LogP contribution in [0.2, 0.25) is 0 Å². The first-order valence-corrected chi connectivity index (χ1v) is 7.79. The monoisotopic (exact) mass is 325 g/mol. The van der Waals surface area contributed by atoms with Crippen molar-refractivity contribution in [1.82, 2.24) is 4.98 Å². The molecule has 3 aromatic rings. The number of rotatable bonds is 4. The Hall–Kier alpha value is -2.39. The van der Waals surface area contributed by atoms with Crippen molar-refractivity contribution in [2.24, 2.45) is 0 Å². The Morgan fingerprint density at radius 3 is 2.61 bits per heavy atom. The van der Waals surface area contributed by atoms with E-state index in [9.17, 15) is 4.79 Å². The van der Waals surface area contributed by atoms with Crippen LogP contribution in [-0.4, -0.2) is 16.3 Å². The highest BCUT2D eigenvalue weighted by Gasteiger charge is 2.12. The van der Waals surface area contributed by atoms with E-state index in [1.807, 2.05) is 62.4 Å². The van der Waals surface area contributed by atoms with Gasteiger partial charge >= 0.3 is 0 Å². The minimum atomic E-state index is -0.487. The Balaban J connectivity index is 2.15. The fourth-order valence-electron chi connectivity index (χ4n) is 2.49. The Morgan fingerprint density at radius 2 is 1.87 bits per heavy atom. The average Bonchev–Trinajstić information content (AvgIpc) is 2.53. The normalized spacial score (nSPS) is 11.0. The molecule has 3 rings (SSSR count). The third-order valence-electron chi connectivity index (χ3n) is 3.43. The van der Waals surface area contributed by atoms with E-state index >= 15 is 0 Å². The molecule has 0 saturated carbocycles. The Labute approximate surface area is 139 Å². The summed E-state index contributed by atoms with van der Waals surface area (Å²) in [6, 6.07) is 16.9.